The van der Waals surface area contributed by atoms with E-state index in [4.69, 9.17) is 0 Å². The Morgan fingerprint density at radius 2 is 1.96 bits per heavy atom. The van der Waals surface area contributed by atoms with Crippen LogP contribution < -0.4 is 10.9 Å². The molecule has 1 N–H and O–H groups in total. The van der Waals surface area contributed by atoms with Crippen molar-refractivity contribution in [2.45, 2.75) is 13.5 Å². The molecule has 26 heavy (non-hydrogen) atoms. The van der Waals surface area contributed by atoms with Crippen molar-refractivity contribution in [2.75, 3.05) is 5.32 Å². The van der Waals surface area contributed by atoms with Crippen molar-refractivity contribution < 1.29 is 9.18 Å². The van der Waals surface area contributed by atoms with E-state index in [1.54, 1.807) is 28.8 Å². The quantitative estimate of drug-likeness (QED) is 0.618. The second-order valence-electron chi connectivity index (χ2n) is 6.02. The average molecular weight is 350 g/mol. The minimum absolute atomic E-state index is 0.200. The molecule has 0 saturated carbocycles. The molecule has 0 atom stereocenters. The van der Waals surface area contributed by atoms with Crippen LogP contribution in [0.5, 0.6) is 0 Å². The molecule has 7 heteroatoms. The zero-order valence-corrected chi connectivity index (χ0v) is 13.9. The number of carbonyl (C=O) groups excluding carboxylic acids is 1. The second-order valence-corrected chi connectivity index (χ2v) is 6.02. The molecule has 0 aliphatic carbocycles. The first-order valence-corrected chi connectivity index (χ1v) is 8.06. The number of halogens is 1. The molecule has 0 radical (unpaired) electrons. The smallest absolute Gasteiger partial charge is 0.262 e. The van der Waals surface area contributed by atoms with E-state index in [1.165, 1.54) is 22.8 Å². The molecule has 2 aromatic heterocycles. The largest absolute Gasteiger partial charge is 0.324 e. The van der Waals surface area contributed by atoms with Crippen molar-refractivity contribution >= 4 is 28.1 Å². The third-order valence-electron chi connectivity index (χ3n) is 4.11. The molecule has 130 valence electrons. The van der Waals surface area contributed by atoms with Crippen LogP contribution in [0.3, 0.4) is 0 Å². The first kappa shape index (κ1) is 16.0. The lowest BCUT2D eigenvalue weighted by molar-refractivity contribution is -0.116. The van der Waals surface area contributed by atoms with Crippen LogP contribution in [0.4, 0.5) is 10.1 Å². The van der Waals surface area contributed by atoms with E-state index < -0.39 is 11.7 Å². The fourth-order valence-electron chi connectivity index (χ4n) is 3.01. The minimum atomic E-state index is -0.445. The van der Waals surface area contributed by atoms with Gasteiger partial charge in [0.2, 0.25) is 5.91 Å². The number of benzene rings is 2. The maximum atomic E-state index is 13.3. The van der Waals surface area contributed by atoms with Gasteiger partial charge in [0.25, 0.3) is 5.56 Å². The van der Waals surface area contributed by atoms with Gasteiger partial charge >= 0.3 is 0 Å². The Balaban J connectivity index is 1.79. The van der Waals surface area contributed by atoms with Crippen LogP contribution in [0.2, 0.25) is 0 Å². The van der Waals surface area contributed by atoms with E-state index in [0.717, 1.165) is 5.69 Å². The SMILES string of the molecule is Cc1cc2n(CC(=O)Nc3cccc(F)c3)c(=O)c3ccccc3n2n1. The number of amides is 1. The number of rotatable bonds is 3. The highest BCUT2D eigenvalue weighted by atomic mass is 19.1. The normalized spacial score (nSPS) is 11.2. The number of nitrogens with zero attached hydrogens (tertiary/aromatic N) is 3. The van der Waals surface area contributed by atoms with Crippen LogP contribution in [0.25, 0.3) is 16.6 Å². The van der Waals surface area contributed by atoms with Gasteiger partial charge in [-0.15, -0.1) is 0 Å². The summed E-state index contributed by atoms with van der Waals surface area (Å²) in [6.45, 7) is 1.62. The molecule has 2 aromatic carbocycles. The third kappa shape index (κ3) is 2.73. The molecule has 0 bridgehead atoms. The highest BCUT2D eigenvalue weighted by molar-refractivity contribution is 5.91. The summed E-state index contributed by atoms with van der Waals surface area (Å²) < 4.78 is 16.3. The summed E-state index contributed by atoms with van der Waals surface area (Å²) in [6, 6.07) is 14.5. The predicted octanol–water partition coefficient (Wildman–Crippen LogP) is 2.74. The van der Waals surface area contributed by atoms with Crippen LogP contribution in [0.15, 0.2) is 59.4 Å². The summed E-state index contributed by atoms with van der Waals surface area (Å²) in [4.78, 5) is 25.3. The van der Waals surface area contributed by atoms with E-state index in [-0.39, 0.29) is 12.1 Å². The lowest BCUT2D eigenvalue weighted by Crippen LogP contribution is -2.29. The maximum Gasteiger partial charge on any atom is 0.262 e. The number of aromatic nitrogens is 3. The van der Waals surface area contributed by atoms with Gasteiger partial charge in [-0.3, -0.25) is 14.2 Å². The van der Waals surface area contributed by atoms with Crippen LogP contribution >= 0.6 is 0 Å². The number of carbonyl (C=O) groups is 1. The van der Waals surface area contributed by atoms with Crippen molar-refractivity contribution in [3.63, 3.8) is 0 Å². The Morgan fingerprint density at radius 3 is 2.77 bits per heavy atom. The van der Waals surface area contributed by atoms with Crippen LogP contribution in [-0.4, -0.2) is 20.1 Å². The van der Waals surface area contributed by atoms with Crippen LogP contribution in [0.1, 0.15) is 5.69 Å². The summed E-state index contributed by atoms with van der Waals surface area (Å²) in [6.07, 6.45) is 0. The Labute approximate surface area is 147 Å². The lowest BCUT2D eigenvalue weighted by Gasteiger charge is -2.11. The molecule has 6 nitrogen and oxygen atoms in total. The fourth-order valence-corrected chi connectivity index (χ4v) is 3.01. The number of hydrogen-bond acceptors (Lipinski definition) is 3. The van der Waals surface area contributed by atoms with Gasteiger partial charge in [0.15, 0.2) is 0 Å². The van der Waals surface area contributed by atoms with Gasteiger partial charge in [-0.05, 0) is 37.3 Å². The number of hydrogen-bond donors (Lipinski definition) is 1. The van der Waals surface area contributed by atoms with Gasteiger partial charge in [0.1, 0.15) is 18.0 Å². The van der Waals surface area contributed by atoms with Crippen molar-refractivity contribution in [2.24, 2.45) is 0 Å². The molecule has 4 aromatic rings. The molecule has 0 spiro atoms. The molecule has 0 aliphatic heterocycles. The van der Waals surface area contributed by atoms with Crippen LogP contribution in [0, 0.1) is 12.7 Å². The summed E-state index contributed by atoms with van der Waals surface area (Å²) >= 11 is 0. The molecule has 0 aliphatic rings. The molecular weight excluding hydrogens is 335 g/mol. The molecular formula is C19H15FN4O2. The standard InChI is InChI=1S/C19H15FN4O2/c1-12-9-18-23(11-17(25)21-14-6-4-5-13(20)10-14)19(26)15-7-2-3-8-16(15)24(18)22-12/h2-10H,11H2,1H3,(H,21,25). The first-order chi connectivity index (χ1) is 12.5. The Hall–Kier alpha value is -3.48. The van der Waals surface area contributed by atoms with Crippen molar-refractivity contribution in [3.05, 3.63) is 76.5 Å². The number of para-hydroxylation sites is 1. The summed E-state index contributed by atoms with van der Waals surface area (Å²) in [5.41, 5.74) is 2.01. The zero-order chi connectivity index (χ0) is 18.3. The number of aryl methyl sites for hydroxylation is 1. The molecule has 2 heterocycles. The van der Waals surface area contributed by atoms with E-state index in [2.05, 4.69) is 10.4 Å². The fraction of sp³-hybridized carbons (Fsp3) is 0.105. The van der Waals surface area contributed by atoms with E-state index >= 15 is 0 Å². The van der Waals surface area contributed by atoms with Gasteiger partial charge in [-0.1, -0.05) is 18.2 Å². The summed E-state index contributed by atoms with van der Waals surface area (Å²) in [5, 5.41) is 7.51. The Morgan fingerprint density at radius 1 is 1.15 bits per heavy atom. The average Bonchev–Trinajstić information content (AvgIpc) is 3.00. The van der Waals surface area contributed by atoms with Crippen molar-refractivity contribution in [1.29, 1.82) is 0 Å². The van der Waals surface area contributed by atoms with Gasteiger partial charge < -0.3 is 5.32 Å². The second kappa shape index (κ2) is 6.11. The summed E-state index contributed by atoms with van der Waals surface area (Å²) in [5.74, 6) is -0.867. The molecule has 4 rings (SSSR count). The third-order valence-corrected chi connectivity index (χ3v) is 4.11. The highest BCUT2D eigenvalue weighted by Gasteiger charge is 2.15. The zero-order valence-electron chi connectivity index (χ0n) is 13.9. The van der Waals surface area contributed by atoms with E-state index in [1.807, 2.05) is 19.1 Å². The lowest BCUT2D eigenvalue weighted by atomic mass is 10.2. The minimum Gasteiger partial charge on any atom is -0.324 e. The van der Waals surface area contributed by atoms with E-state index in [0.29, 0.717) is 22.2 Å². The number of fused-ring (bicyclic) bond motifs is 3. The Bertz CT molecular complexity index is 1210. The number of anilines is 1. The van der Waals surface area contributed by atoms with Gasteiger partial charge in [0, 0.05) is 11.8 Å². The first-order valence-electron chi connectivity index (χ1n) is 8.06. The maximum absolute atomic E-state index is 13.3. The highest BCUT2D eigenvalue weighted by Crippen LogP contribution is 2.15. The molecule has 0 unspecified atom stereocenters. The summed E-state index contributed by atoms with van der Waals surface area (Å²) in [7, 11) is 0. The van der Waals surface area contributed by atoms with Gasteiger partial charge in [-0.2, -0.15) is 5.10 Å². The molecule has 1 amide bonds. The monoisotopic (exact) mass is 350 g/mol. The van der Waals surface area contributed by atoms with Gasteiger partial charge in [0.05, 0.1) is 16.6 Å². The van der Waals surface area contributed by atoms with Crippen molar-refractivity contribution in [1.82, 2.24) is 14.2 Å². The van der Waals surface area contributed by atoms with Gasteiger partial charge in [-0.25, -0.2) is 8.91 Å². The van der Waals surface area contributed by atoms with E-state index in [9.17, 15) is 14.0 Å². The Kier molecular flexibility index (Phi) is 3.76. The molecule has 0 saturated heterocycles. The van der Waals surface area contributed by atoms with Crippen molar-refractivity contribution in [3.8, 4) is 0 Å². The molecule has 0 fully saturated rings. The predicted molar refractivity (Wildman–Crippen MR) is 96.7 cm³/mol. The topological polar surface area (TPSA) is 68.4 Å². The number of nitrogens with one attached hydrogen (secondary N) is 1. The van der Waals surface area contributed by atoms with Crippen LogP contribution in [-0.2, 0) is 11.3 Å².